The van der Waals surface area contributed by atoms with E-state index in [0.717, 1.165) is 0 Å². The van der Waals surface area contributed by atoms with Crippen molar-refractivity contribution in [2.45, 2.75) is 64.3 Å². The summed E-state index contributed by atoms with van der Waals surface area (Å²) < 4.78 is 10.1. The Hall–Kier alpha value is -3.16. The Morgan fingerprint density at radius 2 is 1.81 bits per heavy atom. The Morgan fingerprint density at radius 1 is 1.14 bits per heavy atom. The molecule has 0 saturated carbocycles. The van der Waals surface area contributed by atoms with Crippen molar-refractivity contribution in [3.05, 3.63) is 34.1 Å². The first kappa shape index (κ1) is 27.4. The number of carbonyl (C=O) groups excluding carboxylic acids is 4. The average molecular weight is 522 g/mol. The van der Waals surface area contributed by atoms with E-state index in [0.29, 0.717) is 17.9 Å². The molecule has 0 unspecified atom stereocenters. The lowest BCUT2D eigenvalue weighted by atomic mass is 9.93. The first-order valence-corrected chi connectivity index (χ1v) is 12.5. The van der Waals surface area contributed by atoms with Gasteiger partial charge < -0.3 is 30.3 Å². The first-order chi connectivity index (χ1) is 17.0. The molecule has 1 saturated heterocycles. The number of aliphatic hydroxyl groups excluding tert-OH is 1. The fraction of sp³-hybridized carbons (Fsp3) is 0.565. The number of Topliss-reactive ketones (excluding diaryl/α,β-unsaturated/α-hetero) is 1. The summed E-state index contributed by atoms with van der Waals surface area (Å²) in [5, 5.41) is 22.8. The standard InChI is InChI=1S/C23H31N5O7S/c1-12(2)5-15(19(30)23(4)10-34-23)25-20(31)16(7-14-9-36-11-24-14)26-22(33)18(8-29)27-21(32)17-6-13(3)35-28-17/h6,9,11-12,15-16,18,29H,5,7-8,10H2,1-4H3,(H,25,31)(H,26,33)(H,27,32)/t15-,16-,18-,23+/m0/s1. The summed E-state index contributed by atoms with van der Waals surface area (Å²) in [6, 6.07) is -1.89. The number of aromatic nitrogens is 2. The van der Waals surface area contributed by atoms with Gasteiger partial charge in [-0.2, -0.15) is 0 Å². The second-order valence-corrected chi connectivity index (χ2v) is 10.1. The molecule has 0 spiro atoms. The number of nitrogens with zero attached hydrogens (tertiary/aromatic N) is 2. The molecule has 0 aliphatic carbocycles. The molecule has 12 nitrogen and oxygen atoms in total. The molecule has 1 aliphatic heterocycles. The molecule has 2 aromatic rings. The van der Waals surface area contributed by atoms with Crippen LogP contribution in [0.3, 0.4) is 0 Å². The quantitative estimate of drug-likeness (QED) is 0.267. The number of ether oxygens (including phenoxy) is 1. The van der Waals surface area contributed by atoms with Gasteiger partial charge in [0.2, 0.25) is 11.8 Å². The van der Waals surface area contributed by atoms with Gasteiger partial charge in [0.05, 0.1) is 30.5 Å². The topological polar surface area (TPSA) is 176 Å². The third-order valence-corrected chi connectivity index (χ3v) is 6.27. The fourth-order valence-electron chi connectivity index (χ4n) is 3.52. The smallest absolute Gasteiger partial charge is 0.274 e. The number of ketones is 1. The second kappa shape index (κ2) is 11.7. The number of aryl methyl sites for hydroxylation is 1. The number of aliphatic hydroxyl groups is 1. The van der Waals surface area contributed by atoms with Gasteiger partial charge in [-0.1, -0.05) is 19.0 Å². The fourth-order valence-corrected chi connectivity index (χ4v) is 4.09. The zero-order valence-electron chi connectivity index (χ0n) is 20.6. The summed E-state index contributed by atoms with van der Waals surface area (Å²) in [5.74, 6) is -1.81. The molecule has 3 heterocycles. The van der Waals surface area contributed by atoms with Crippen LogP contribution < -0.4 is 16.0 Å². The zero-order chi connectivity index (χ0) is 26.5. The average Bonchev–Trinajstić information content (AvgIpc) is 3.19. The molecule has 2 aromatic heterocycles. The van der Waals surface area contributed by atoms with E-state index in [9.17, 15) is 24.3 Å². The lowest BCUT2D eigenvalue weighted by Crippen LogP contribution is -2.58. The molecule has 3 amide bonds. The van der Waals surface area contributed by atoms with Crippen molar-refractivity contribution < 1.29 is 33.5 Å². The number of rotatable bonds is 13. The molecule has 196 valence electrons. The number of carbonyl (C=O) groups is 4. The van der Waals surface area contributed by atoms with E-state index in [1.54, 1.807) is 24.7 Å². The summed E-state index contributed by atoms with van der Waals surface area (Å²) in [7, 11) is 0. The van der Waals surface area contributed by atoms with Gasteiger partial charge in [-0.25, -0.2) is 4.98 Å². The van der Waals surface area contributed by atoms with Crippen LogP contribution in [0.4, 0.5) is 0 Å². The van der Waals surface area contributed by atoms with Crippen LogP contribution in [0, 0.1) is 12.8 Å². The molecule has 4 N–H and O–H groups in total. The molecular formula is C23H31N5O7S. The van der Waals surface area contributed by atoms with E-state index in [2.05, 4.69) is 26.1 Å². The lowest BCUT2D eigenvalue weighted by molar-refractivity contribution is -0.133. The normalized spacial score (nSPS) is 19.3. The Balaban J connectivity index is 1.73. The summed E-state index contributed by atoms with van der Waals surface area (Å²) in [4.78, 5) is 55.7. The van der Waals surface area contributed by atoms with E-state index in [1.165, 1.54) is 17.4 Å². The van der Waals surface area contributed by atoms with Crippen molar-refractivity contribution in [2.24, 2.45) is 5.92 Å². The van der Waals surface area contributed by atoms with E-state index in [4.69, 9.17) is 9.26 Å². The Kier molecular flexibility index (Phi) is 8.93. The number of hydrogen-bond donors (Lipinski definition) is 4. The summed E-state index contributed by atoms with van der Waals surface area (Å²) in [6.07, 6.45) is 0.444. The maximum atomic E-state index is 13.3. The molecule has 3 rings (SSSR count). The van der Waals surface area contributed by atoms with E-state index in [-0.39, 0.29) is 30.4 Å². The van der Waals surface area contributed by atoms with E-state index < -0.39 is 48.1 Å². The molecule has 0 bridgehead atoms. The van der Waals surface area contributed by atoms with Crippen LogP contribution in [-0.2, 0) is 25.5 Å². The summed E-state index contributed by atoms with van der Waals surface area (Å²) in [5.41, 5.74) is 1.18. The number of amides is 3. The highest BCUT2D eigenvalue weighted by Gasteiger charge is 2.50. The van der Waals surface area contributed by atoms with Gasteiger partial charge in [-0.15, -0.1) is 11.3 Å². The van der Waals surface area contributed by atoms with Crippen molar-refractivity contribution in [1.82, 2.24) is 26.1 Å². The van der Waals surface area contributed by atoms with Gasteiger partial charge in [-0.3, -0.25) is 19.2 Å². The number of epoxide rings is 1. The number of hydrogen-bond acceptors (Lipinski definition) is 10. The largest absolute Gasteiger partial charge is 0.394 e. The second-order valence-electron chi connectivity index (χ2n) is 9.35. The molecule has 36 heavy (non-hydrogen) atoms. The van der Waals surface area contributed by atoms with Crippen molar-refractivity contribution in [2.75, 3.05) is 13.2 Å². The van der Waals surface area contributed by atoms with Crippen LogP contribution in [-0.4, -0.2) is 75.7 Å². The third-order valence-electron chi connectivity index (χ3n) is 5.63. The molecular weight excluding hydrogens is 490 g/mol. The van der Waals surface area contributed by atoms with E-state index in [1.807, 2.05) is 13.8 Å². The maximum absolute atomic E-state index is 13.3. The highest BCUT2D eigenvalue weighted by molar-refractivity contribution is 7.07. The van der Waals surface area contributed by atoms with Crippen molar-refractivity contribution in [3.63, 3.8) is 0 Å². The maximum Gasteiger partial charge on any atom is 0.274 e. The van der Waals surface area contributed by atoms with Crippen LogP contribution in [0.1, 0.15) is 49.1 Å². The number of thiazole rings is 1. The van der Waals surface area contributed by atoms with Crippen LogP contribution in [0.25, 0.3) is 0 Å². The third kappa shape index (κ3) is 7.18. The summed E-state index contributed by atoms with van der Waals surface area (Å²) >= 11 is 1.33. The van der Waals surface area contributed by atoms with Gasteiger partial charge >= 0.3 is 0 Å². The molecule has 0 aromatic carbocycles. The molecule has 1 aliphatic rings. The lowest BCUT2D eigenvalue weighted by Gasteiger charge is -2.26. The molecule has 1 fully saturated rings. The van der Waals surface area contributed by atoms with Crippen molar-refractivity contribution >= 4 is 34.8 Å². The minimum Gasteiger partial charge on any atom is -0.394 e. The van der Waals surface area contributed by atoms with Crippen LogP contribution >= 0.6 is 11.3 Å². The Labute approximate surface area is 212 Å². The molecule has 0 radical (unpaired) electrons. The minimum absolute atomic E-state index is 0.0476. The number of nitrogens with one attached hydrogen (secondary N) is 3. The monoisotopic (exact) mass is 521 g/mol. The van der Waals surface area contributed by atoms with Gasteiger partial charge in [-0.05, 0) is 26.2 Å². The first-order valence-electron chi connectivity index (χ1n) is 11.5. The highest BCUT2D eigenvalue weighted by Crippen LogP contribution is 2.29. The highest BCUT2D eigenvalue weighted by atomic mass is 32.1. The Bertz CT molecular complexity index is 1080. The van der Waals surface area contributed by atoms with Gasteiger partial charge in [0.25, 0.3) is 5.91 Å². The SMILES string of the molecule is Cc1cc(C(=O)N[C@@H](CO)C(=O)N[C@@H](Cc2cscn2)C(=O)N[C@@H](CC(C)C)C(=O)[C@@]2(C)CO2)no1. The predicted octanol–water partition coefficient (Wildman–Crippen LogP) is 0.147. The van der Waals surface area contributed by atoms with Crippen molar-refractivity contribution in [1.29, 1.82) is 0 Å². The van der Waals surface area contributed by atoms with Gasteiger partial charge in [0, 0.05) is 17.9 Å². The summed E-state index contributed by atoms with van der Waals surface area (Å²) in [6.45, 7) is 6.72. The molecule has 4 atom stereocenters. The van der Waals surface area contributed by atoms with Crippen LogP contribution in [0.2, 0.25) is 0 Å². The van der Waals surface area contributed by atoms with Crippen LogP contribution in [0.15, 0.2) is 21.5 Å². The van der Waals surface area contributed by atoms with Gasteiger partial charge in [0.15, 0.2) is 11.5 Å². The predicted molar refractivity (Wildman–Crippen MR) is 128 cm³/mol. The zero-order valence-corrected chi connectivity index (χ0v) is 21.4. The van der Waals surface area contributed by atoms with Crippen molar-refractivity contribution in [3.8, 4) is 0 Å². The molecule has 13 heteroatoms. The van der Waals surface area contributed by atoms with Crippen LogP contribution in [0.5, 0.6) is 0 Å². The van der Waals surface area contributed by atoms with Gasteiger partial charge in [0.1, 0.15) is 23.4 Å². The minimum atomic E-state index is -1.35. The Morgan fingerprint density at radius 3 is 2.33 bits per heavy atom. The van der Waals surface area contributed by atoms with E-state index >= 15 is 0 Å².